The number of morpholine rings is 1. The quantitative estimate of drug-likeness (QED) is 0.156. The summed E-state index contributed by atoms with van der Waals surface area (Å²) in [6.45, 7) is 13.7. The lowest BCUT2D eigenvalue weighted by Crippen LogP contribution is -2.35. The number of ether oxygens (including phenoxy) is 3. The highest BCUT2D eigenvalue weighted by Crippen LogP contribution is 2.39. The number of nitrogens with zero attached hydrogens (tertiary/aromatic N) is 2. The molecule has 0 spiro atoms. The molecule has 0 unspecified atom stereocenters. The van der Waals surface area contributed by atoms with Gasteiger partial charge in [-0.15, -0.1) is 0 Å². The zero-order valence-electron chi connectivity index (χ0n) is 29.6. The van der Waals surface area contributed by atoms with Gasteiger partial charge in [0, 0.05) is 31.6 Å². The largest absolute Gasteiger partial charge is 0.492 e. The first-order valence-corrected chi connectivity index (χ1v) is 17.6. The van der Waals surface area contributed by atoms with E-state index in [0.29, 0.717) is 36.0 Å². The highest BCUT2D eigenvalue weighted by atomic mass is 16.5. The smallest absolute Gasteiger partial charge is 0.411 e. The van der Waals surface area contributed by atoms with E-state index in [1.165, 1.54) is 25.5 Å². The molecule has 2 aliphatic heterocycles. The van der Waals surface area contributed by atoms with E-state index in [0.717, 1.165) is 73.4 Å². The van der Waals surface area contributed by atoms with Crippen LogP contribution >= 0.6 is 0 Å². The molecule has 0 bridgehead atoms. The average molecular weight is 680 g/mol. The van der Waals surface area contributed by atoms with Gasteiger partial charge >= 0.3 is 12.1 Å². The van der Waals surface area contributed by atoms with Crippen molar-refractivity contribution in [1.82, 2.24) is 9.80 Å². The lowest BCUT2D eigenvalue weighted by Gasteiger charge is -2.26. The van der Waals surface area contributed by atoms with Gasteiger partial charge in [0.1, 0.15) is 6.61 Å². The number of rotatable bonds is 10. The number of amides is 3. The van der Waals surface area contributed by atoms with E-state index in [-0.39, 0.29) is 5.41 Å². The van der Waals surface area contributed by atoms with Crippen molar-refractivity contribution >= 4 is 40.0 Å². The van der Waals surface area contributed by atoms with Gasteiger partial charge in [0.15, 0.2) is 5.75 Å². The van der Waals surface area contributed by atoms with Crippen LogP contribution < -0.4 is 20.7 Å². The molecule has 6 rings (SSSR count). The van der Waals surface area contributed by atoms with Crippen LogP contribution in [0.3, 0.4) is 0 Å². The van der Waals surface area contributed by atoms with Gasteiger partial charge in [0.2, 0.25) is 0 Å². The van der Waals surface area contributed by atoms with Gasteiger partial charge in [-0.25, -0.2) is 9.59 Å². The predicted octanol–water partition coefficient (Wildman–Crippen LogP) is 7.93. The summed E-state index contributed by atoms with van der Waals surface area (Å²) in [6, 6.07) is 24.1. The molecule has 4 aromatic carbocycles. The van der Waals surface area contributed by atoms with Crippen molar-refractivity contribution in [2.24, 2.45) is 0 Å². The SMILES string of the molecule is COc1c(NC(=O)Nc2ccc(-c3ccc(CN4CCOCC4)cc3)c3ccccc23)cc(C(C)(C)C)cc1NC(=O)OCCN1CCCC1. The third-order valence-corrected chi connectivity index (χ3v) is 9.43. The molecule has 10 nitrogen and oxygen atoms in total. The van der Waals surface area contributed by atoms with Gasteiger partial charge in [-0.05, 0) is 77.2 Å². The Kier molecular flexibility index (Phi) is 11.2. The Balaban J connectivity index is 1.18. The van der Waals surface area contributed by atoms with Gasteiger partial charge in [0.05, 0.1) is 37.4 Å². The predicted molar refractivity (Wildman–Crippen MR) is 200 cm³/mol. The van der Waals surface area contributed by atoms with Crippen LogP contribution in [0.15, 0.2) is 72.8 Å². The van der Waals surface area contributed by atoms with Crippen molar-refractivity contribution in [1.29, 1.82) is 0 Å². The summed E-state index contributed by atoms with van der Waals surface area (Å²) >= 11 is 0. The summed E-state index contributed by atoms with van der Waals surface area (Å²) in [5, 5.41) is 10.8. The second-order valence-corrected chi connectivity index (χ2v) is 14.0. The van der Waals surface area contributed by atoms with Crippen LogP contribution in [0.5, 0.6) is 5.75 Å². The summed E-state index contributed by atoms with van der Waals surface area (Å²) in [6.07, 6.45) is 1.79. The fourth-order valence-corrected chi connectivity index (χ4v) is 6.63. The van der Waals surface area contributed by atoms with E-state index in [2.05, 4.69) is 76.9 Å². The molecular weight excluding hydrogens is 630 g/mol. The van der Waals surface area contributed by atoms with Gasteiger partial charge < -0.3 is 24.8 Å². The Bertz CT molecular complexity index is 1790. The Hall–Kier alpha value is -4.64. The average Bonchev–Trinajstić information content (AvgIpc) is 3.62. The highest BCUT2D eigenvalue weighted by molar-refractivity contribution is 6.10. The van der Waals surface area contributed by atoms with Crippen LogP contribution in [0.4, 0.5) is 26.7 Å². The number of likely N-dealkylation sites (tertiary alicyclic amines) is 1. The molecule has 10 heteroatoms. The highest BCUT2D eigenvalue weighted by Gasteiger charge is 2.23. The van der Waals surface area contributed by atoms with Gasteiger partial charge in [-0.2, -0.15) is 0 Å². The summed E-state index contributed by atoms with van der Waals surface area (Å²) in [7, 11) is 1.51. The number of anilines is 3. The summed E-state index contributed by atoms with van der Waals surface area (Å²) in [4.78, 5) is 31.1. The Morgan fingerprint density at radius 2 is 1.44 bits per heavy atom. The maximum absolute atomic E-state index is 13.6. The van der Waals surface area contributed by atoms with Crippen molar-refractivity contribution in [2.45, 2.75) is 45.6 Å². The van der Waals surface area contributed by atoms with E-state index < -0.39 is 12.1 Å². The number of hydrogen-bond acceptors (Lipinski definition) is 7. The summed E-state index contributed by atoms with van der Waals surface area (Å²) < 4.78 is 16.7. The fraction of sp³-hybridized carbons (Fsp3) is 0.400. The number of fused-ring (bicyclic) bond motifs is 1. The molecule has 0 atom stereocenters. The number of carbonyl (C=O) groups excluding carboxylic acids is 2. The van der Waals surface area contributed by atoms with Crippen molar-refractivity contribution in [3.8, 4) is 16.9 Å². The third kappa shape index (κ3) is 8.74. The molecule has 2 fully saturated rings. The maximum Gasteiger partial charge on any atom is 0.411 e. The molecule has 2 heterocycles. The number of hydrogen-bond donors (Lipinski definition) is 3. The standard InChI is InChI=1S/C40H49N5O5/c1-40(2,3)30-25-35(37(48-4)36(26-30)43-39(47)50-24-21-44-17-7-8-18-44)42-38(46)41-34-16-15-31(32-9-5-6-10-33(32)34)29-13-11-28(12-14-29)27-45-19-22-49-23-20-45/h5-6,9-16,25-26H,7-8,17-24,27H2,1-4H3,(H,43,47)(H2,41,42,46). The van der Waals surface area contributed by atoms with Gasteiger partial charge in [0.25, 0.3) is 0 Å². The molecule has 0 aromatic heterocycles. The van der Waals surface area contributed by atoms with Crippen molar-refractivity contribution in [2.75, 3.05) is 75.6 Å². The van der Waals surface area contributed by atoms with Gasteiger partial charge in [-0.1, -0.05) is 75.4 Å². The molecule has 0 radical (unpaired) electrons. The molecular formula is C40H49N5O5. The van der Waals surface area contributed by atoms with Crippen molar-refractivity contribution in [3.05, 3.63) is 83.9 Å². The molecule has 50 heavy (non-hydrogen) atoms. The number of methoxy groups -OCH3 is 1. The van der Waals surface area contributed by atoms with Crippen LogP contribution in [-0.4, -0.2) is 81.6 Å². The minimum atomic E-state index is -0.567. The van der Waals surface area contributed by atoms with E-state index in [1.807, 2.05) is 42.5 Å². The molecule has 3 amide bonds. The molecule has 0 saturated carbocycles. The Morgan fingerprint density at radius 1 is 0.780 bits per heavy atom. The number of nitrogens with one attached hydrogen (secondary N) is 3. The van der Waals surface area contributed by atoms with E-state index in [4.69, 9.17) is 14.2 Å². The second-order valence-electron chi connectivity index (χ2n) is 14.0. The molecule has 264 valence electrons. The van der Waals surface area contributed by atoms with Crippen molar-refractivity contribution in [3.63, 3.8) is 0 Å². The van der Waals surface area contributed by atoms with Crippen LogP contribution in [-0.2, 0) is 21.4 Å². The topological polar surface area (TPSA) is 104 Å². The number of carbonyl (C=O) groups is 2. The molecule has 0 aliphatic carbocycles. The van der Waals surface area contributed by atoms with Crippen LogP contribution in [0, 0.1) is 0 Å². The maximum atomic E-state index is 13.6. The summed E-state index contributed by atoms with van der Waals surface area (Å²) in [5.41, 5.74) is 5.64. The Morgan fingerprint density at radius 3 is 2.12 bits per heavy atom. The zero-order chi connectivity index (χ0) is 35.1. The number of urea groups is 1. The summed E-state index contributed by atoms with van der Waals surface area (Å²) in [5.74, 6) is 0.335. The first kappa shape index (κ1) is 35.2. The first-order chi connectivity index (χ1) is 24.2. The molecule has 4 aromatic rings. The number of benzene rings is 4. The molecule has 2 saturated heterocycles. The van der Waals surface area contributed by atoms with E-state index in [1.54, 1.807) is 0 Å². The monoisotopic (exact) mass is 679 g/mol. The third-order valence-electron chi connectivity index (χ3n) is 9.43. The fourth-order valence-electron chi connectivity index (χ4n) is 6.63. The Labute approximate surface area is 295 Å². The minimum Gasteiger partial charge on any atom is -0.492 e. The lowest BCUT2D eigenvalue weighted by molar-refractivity contribution is 0.0342. The van der Waals surface area contributed by atoms with Crippen LogP contribution in [0.1, 0.15) is 44.7 Å². The normalized spacial score (nSPS) is 15.5. The zero-order valence-corrected chi connectivity index (χ0v) is 29.6. The van der Waals surface area contributed by atoms with Crippen LogP contribution in [0.25, 0.3) is 21.9 Å². The van der Waals surface area contributed by atoms with Gasteiger partial charge in [-0.3, -0.25) is 15.1 Å². The lowest BCUT2D eigenvalue weighted by atomic mass is 9.86. The van der Waals surface area contributed by atoms with Crippen LogP contribution in [0.2, 0.25) is 0 Å². The van der Waals surface area contributed by atoms with E-state index >= 15 is 0 Å². The van der Waals surface area contributed by atoms with E-state index in [9.17, 15) is 9.59 Å². The van der Waals surface area contributed by atoms with Crippen molar-refractivity contribution < 1.29 is 23.8 Å². The molecule has 3 N–H and O–H groups in total. The first-order valence-electron chi connectivity index (χ1n) is 17.6. The second kappa shape index (κ2) is 15.9. The minimum absolute atomic E-state index is 0.276. The molecule has 2 aliphatic rings.